The minimum absolute atomic E-state index is 0.00305. The van der Waals surface area contributed by atoms with Gasteiger partial charge in [-0.2, -0.15) is 5.10 Å². The van der Waals surface area contributed by atoms with E-state index >= 15 is 0 Å². The molecule has 0 bridgehead atoms. The lowest BCUT2D eigenvalue weighted by Crippen LogP contribution is -2.34. The number of hydrogen-bond acceptors (Lipinski definition) is 2. The Morgan fingerprint density at radius 2 is 2.04 bits per heavy atom. The van der Waals surface area contributed by atoms with Crippen LogP contribution in [0.5, 0.6) is 0 Å². The van der Waals surface area contributed by atoms with Crippen molar-refractivity contribution in [2.45, 2.75) is 26.3 Å². The van der Waals surface area contributed by atoms with E-state index in [1.807, 2.05) is 31.2 Å². The molecule has 1 amide bonds. The number of carbonyl (C=O) groups is 1. The number of aryl methyl sites for hydroxylation is 1. The van der Waals surface area contributed by atoms with Gasteiger partial charge in [-0.05, 0) is 31.9 Å². The molecule has 0 radical (unpaired) electrons. The number of amides is 1. The molecular formula is C20H20ClN3O. The molecule has 25 heavy (non-hydrogen) atoms. The summed E-state index contributed by atoms with van der Waals surface area (Å²) >= 11 is 6.24. The topological polar surface area (TPSA) is 57.8 Å². The van der Waals surface area contributed by atoms with Gasteiger partial charge in [-0.1, -0.05) is 59.6 Å². The maximum absolute atomic E-state index is 12.7. The molecular weight excluding hydrogens is 334 g/mol. The summed E-state index contributed by atoms with van der Waals surface area (Å²) in [5.41, 5.74) is 4.30. The summed E-state index contributed by atoms with van der Waals surface area (Å²) in [5, 5.41) is 10.5. The van der Waals surface area contributed by atoms with E-state index in [-0.39, 0.29) is 11.9 Å². The number of nitrogens with one attached hydrogen (secondary N) is 2. The molecule has 0 fully saturated rings. The zero-order valence-electron chi connectivity index (χ0n) is 14.2. The van der Waals surface area contributed by atoms with E-state index in [1.165, 1.54) is 17.3 Å². The smallest absolute Gasteiger partial charge is 0.255 e. The first-order valence-electron chi connectivity index (χ1n) is 8.19. The highest BCUT2D eigenvalue weighted by Gasteiger charge is 2.18. The van der Waals surface area contributed by atoms with Gasteiger partial charge >= 0.3 is 0 Å². The van der Waals surface area contributed by atoms with Crippen molar-refractivity contribution in [1.29, 1.82) is 0 Å². The van der Waals surface area contributed by atoms with Crippen molar-refractivity contribution in [3.05, 3.63) is 76.4 Å². The second-order valence-corrected chi connectivity index (χ2v) is 6.61. The summed E-state index contributed by atoms with van der Waals surface area (Å²) in [6, 6.07) is 15.7. The predicted molar refractivity (Wildman–Crippen MR) is 101 cm³/mol. The molecule has 0 spiro atoms. The summed E-state index contributed by atoms with van der Waals surface area (Å²) in [7, 11) is 0. The Hall–Kier alpha value is -2.59. The van der Waals surface area contributed by atoms with E-state index in [4.69, 9.17) is 11.6 Å². The molecule has 0 saturated carbocycles. The largest absolute Gasteiger partial charge is 0.349 e. The van der Waals surface area contributed by atoms with Crippen molar-refractivity contribution in [2.75, 3.05) is 0 Å². The van der Waals surface area contributed by atoms with Gasteiger partial charge in [-0.3, -0.25) is 9.89 Å². The van der Waals surface area contributed by atoms with Gasteiger partial charge in [0.1, 0.15) is 0 Å². The Morgan fingerprint density at radius 3 is 2.80 bits per heavy atom. The van der Waals surface area contributed by atoms with Crippen LogP contribution in [0.1, 0.15) is 28.4 Å². The number of aromatic nitrogens is 2. The summed E-state index contributed by atoms with van der Waals surface area (Å²) in [6.07, 6.45) is 2.31. The average molecular weight is 354 g/mol. The molecule has 1 heterocycles. The third kappa shape index (κ3) is 4.09. The summed E-state index contributed by atoms with van der Waals surface area (Å²) < 4.78 is 0. The van der Waals surface area contributed by atoms with Crippen LogP contribution < -0.4 is 5.32 Å². The molecule has 3 aromatic rings. The lowest BCUT2D eigenvalue weighted by atomic mass is 10.0. The lowest BCUT2D eigenvalue weighted by Gasteiger charge is -2.14. The van der Waals surface area contributed by atoms with Crippen molar-refractivity contribution in [1.82, 2.24) is 15.5 Å². The van der Waals surface area contributed by atoms with Gasteiger partial charge < -0.3 is 5.32 Å². The molecule has 0 aliphatic rings. The number of H-pyrrole nitrogens is 1. The normalized spacial score (nSPS) is 12.0. The van der Waals surface area contributed by atoms with E-state index in [0.717, 1.165) is 12.0 Å². The third-order valence-corrected chi connectivity index (χ3v) is 4.36. The van der Waals surface area contributed by atoms with Gasteiger partial charge in [0.2, 0.25) is 0 Å². The number of rotatable bonds is 5. The van der Waals surface area contributed by atoms with Gasteiger partial charge in [0, 0.05) is 16.6 Å². The molecule has 4 nitrogen and oxygen atoms in total. The van der Waals surface area contributed by atoms with E-state index in [1.54, 1.807) is 6.07 Å². The van der Waals surface area contributed by atoms with Crippen LogP contribution in [0.25, 0.3) is 11.3 Å². The van der Waals surface area contributed by atoms with Gasteiger partial charge in [-0.15, -0.1) is 0 Å². The molecule has 1 unspecified atom stereocenters. The highest BCUT2D eigenvalue weighted by Crippen LogP contribution is 2.28. The number of aromatic amines is 1. The molecule has 2 N–H and O–H groups in total. The van der Waals surface area contributed by atoms with Gasteiger partial charge in [0.15, 0.2) is 0 Å². The van der Waals surface area contributed by atoms with Crippen LogP contribution in [0.4, 0.5) is 0 Å². The van der Waals surface area contributed by atoms with E-state index in [9.17, 15) is 4.79 Å². The van der Waals surface area contributed by atoms with Crippen molar-refractivity contribution in [3.63, 3.8) is 0 Å². The molecule has 3 rings (SSSR count). The number of benzene rings is 2. The highest BCUT2D eigenvalue weighted by molar-refractivity contribution is 6.33. The van der Waals surface area contributed by atoms with Crippen LogP contribution in [-0.4, -0.2) is 22.1 Å². The first-order chi connectivity index (χ1) is 12.0. The molecule has 1 aromatic heterocycles. The minimum atomic E-state index is -0.163. The molecule has 2 aromatic carbocycles. The number of hydrogen-bond donors (Lipinski definition) is 2. The van der Waals surface area contributed by atoms with Gasteiger partial charge in [0.25, 0.3) is 5.91 Å². The zero-order valence-corrected chi connectivity index (χ0v) is 15.0. The van der Waals surface area contributed by atoms with E-state index < -0.39 is 0 Å². The number of nitrogens with zero attached hydrogens (tertiary/aromatic N) is 1. The van der Waals surface area contributed by atoms with Crippen LogP contribution in [0, 0.1) is 6.92 Å². The van der Waals surface area contributed by atoms with Crippen LogP contribution >= 0.6 is 11.6 Å². The second-order valence-electron chi connectivity index (χ2n) is 6.21. The van der Waals surface area contributed by atoms with E-state index in [0.29, 0.717) is 16.3 Å². The summed E-state index contributed by atoms with van der Waals surface area (Å²) in [6.45, 7) is 4.06. The Labute approximate surface area is 152 Å². The zero-order chi connectivity index (χ0) is 17.8. The molecule has 1 atom stereocenters. The van der Waals surface area contributed by atoms with Crippen molar-refractivity contribution in [2.24, 2.45) is 0 Å². The molecule has 128 valence electrons. The first-order valence-corrected chi connectivity index (χ1v) is 8.57. The Balaban J connectivity index is 1.74. The fourth-order valence-electron chi connectivity index (χ4n) is 2.87. The fraction of sp³-hybridized carbons (Fsp3) is 0.200. The first kappa shape index (κ1) is 17.2. The molecule has 0 saturated heterocycles. The van der Waals surface area contributed by atoms with Crippen molar-refractivity contribution >= 4 is 17.5 Å². The van der Waals surface area contributed by atoms with Crippen LogP contribution in [-0.2, 0) is 6.42 Å². The monoisotopic (exact) mass is 353 g/mol. The van der Waals surface area contributed by atoms with Crippen molar-refractivity contribution < 1.29 is 4.79 Å². The third-order valence-electron chi connectivity index (χ3n) is 4.03. The van der Waals surface area contributed by atoms with Gasteiger partial charge in [-0.25, -0.2) is 0 Å². The number of carbonyl (C=O) groups excluding carboxylic acids is 1. The molecule has 5 heteroatoms. The minimum Gasteiger partial charge on any atom is -0.349 e. The maximum atomic E-state index is 12.7. The van der Waals surface area contributed by atoms with Crippen LogP contribution in [0.15, 0.2) is 54.7 Å². The van der Waals surface area contributed by atoms with Gasteiger partial charge in [0.05, 0.1) is 17.5 Å². The Kier molecular flexibility index (Phi) is 5.19. The maximum Gasteiger partial charge on any atom is 0.255 e. The van der Waals surface area contributed by atoms with Crippen LogP contribution in [0.3, 0.4) is 0 Å². The Morgan fingerprint density at radius 1 is 1.24 bits per heavy atom. The fourth-order valence-corrected chi connectivity index (χ4v) is 3.10. The lowest BCUT2D eigenvalue weighted by molar-refractivity contribution is 0.0941. The van der Waals surface area contributed by atoms with Crippen molar-refractivity contribution in [3.8, 4) is 11.3 Å². The van der Waals surface area contributed by atoms with Crippen LogP contribution in [0.2, 0.25) is 5.02 Å². The molecule has 0 aliphatic heterocycles. The SMILES string of the molecule is Cc1cccc(CC(C)NC(=O)c2cn[nH]c2-c2ccccc2Cl)c1. The highest BCUT2D eigenvalue weighted by atomic mass is 35.5. The second kappa shape index (κ2) is 7.53. The summed E-state index contributed by atoms with van der Waals surface area (Å²) in [4.78, 5) is 12.7. The summed E-state index contributed by atoms with van der Waals surface area (Å²) in [5.74, 6) is -0.163. The predicted octanol–water partition coefficient (Wildman–Crippen LogP) is 4.40. The molecule has 0 aliphatic carbocycles. The number of halogens is 1. The van der Waals surface area contributed by atoms with E-state index in [2.05, 4.69) is 40.6 Å². The average Bonchev–Trinajstić information content (AvgIpc) is 3.04. The Bertz CT molecular complexity index is 888. The standard InChI is InChI=1S/C20H20ClN3O/c1-13-6-5-7-15(10-13)11-14(2)23-20(25)17-12-22-24-19(17)16-8-3-4-9-18(16)21/h3-10,12,14H,11H2,1-2H3,(H,22,24)(H,23,25). The quantitative estimate of drug-likeness (QED) is 0.714.